The first-order valence-corrected chi connectivity index (χ1v) is 6.76. The number of nitrogen functional groups attached to an aromatic ring is 1. The van der Waals surface area contributed by atoms with E-state index in [-0.39, 0.29) is 5.02 Å². The Morgan fingerprint density at radius 1 is 1.24 bits per heavy atom. The first-order valence-electron chi connectivity index (χ1n) is 6.38. The molecule has 2 aromatic carbocycles. The Morgan fingerprint density at radius 3 is 2.71 bits per heavy atom. The molecular formula is C15H14ClFN4. The van der Waals surface area contributed by atoms with E-state index in [4.69, 9.17) is 17.3 Å². The Labute approximate surface area is 126 Å². The molecule has 3 rings (SSSR count). The Balaban J connectivity index is 2.27. The van der Waals surface area contributed by atoms with Crippen molar-refractivity contribution < 1.29 is 4.39 Å². The third-order valence-electron chi connectivity index (χ3n) is 3.33. The van der Waals surface area contributed by atoms with E-state index in [2.05, 4.69) is 4.98 Å². The number of anilines is 2. The zero-order valence-electron chi connectivity index (χ0n) is 11.6. The fourth-order valence-corrected chi connectivity index (χ4v) is 2.43. The van der Waals surface area contributed by atoms with Gasteiger partial charge in [0.05, 0.1) is 21.7 Å². The van der Waals surface area contributed by atoms with Crippen molar-refractivity contribution in [3.05, 3.63) is 47.2 Å². The van der Waals surface area contributed by atoms with Gasteiger partial charge in [0.25, 0.3) is 0 Å². The molecule has 6 heteroatoms. The smallest absolute Gasteiger partial charge is 0.205 e. The number of aromatic nitrogens is 2. The Morgan fingerprint density at radius 2 is 2.00 bits per heavy atom. The third-order valence-corrected chi connectivity index (χ3v) is 3.62. The van der Waals surface area contributed by atoms with Crippen molar-refractivity contribution in [2.24, 2.45) is 0 Å². The lowest BCUT2D eigenvalue weighted by Crippen LogP contribution is -2.09. The fourth-order valence-electron chi connectivity index (χ4n) is 2.27. The first kappa shape index (κ1) is 13.7. The number of halogens is 2. The quantitative estimate of drug-likeness (QED) is 0.788. The maximum atomic E-state index is 13.7. The number of imidazole rings is 1. The molecule has 3 aromatic rings. The van der Waals surface area contributed by atoms with Crippen molar-refractivity contribution in [3.8, 4) is 5.69 Å². The van der Waals surface area contributed by atoms with Crippen molar-refractivity contribution in [3.63, 3.8) is 0 Å². The molecule has 1 heterocycles. The molecule has 4 nitrogen and oxygen atoms in total. The number of hydrogen-bond acceptors (Lipinski definition) is 3. The highest BCUT2D eigenvalue weighted by Crippen LogP contribution is 2.28. The molecule has 0 aliphatic carbocycles. The van der Waals surface area contributed by atoms with Crippen LogP contribution < -0.4 is 10.6 Å². The number of nitrogens with two attached hydrogens (primary N) is 1. The van der Waals surface area contributed by atoms with Crippen LogP contribution in [-0.2, 0) is 0 Å². The largest absolute Gasteiger partial charge is 0.378 e. The highest BCUT2D eigenvalue weighted by molar-refractivity contribution is 6.31. The summed E-state index contributed by atoms with van der Waals surface area (Å²) in [5, 5.41) is 0.0363. The standard InChI is InChI=1S/C15H14ClFN4/c1-20(2)9-4-3-5-10(6-9)21-14-8-12(17)11(16)7-13(14)19-15(21)18/h3-8H,1-2H3,(H2,18,19). The maximum Gasteiger partial charge on any atom is 0.205 e. The number of fused-ring (bicyclic) bond motifs is 1. The van der Waals surface area contributed by atoms with E-state index in [1.165, 1.54) is 12.1 Å². The molecule has 0 saturated carbocycles. The van der Waals surface area contributed by atoms with Gasteiger partial charge in [0, 0.05) is 25.8 Å². The summed E-state index contributed by atoms with van der Waals surface area (Å²) in [5.74, 6) is -0.198. The average molecular weight is 305 g/mol. The summed E-state index contributed by atoms with van der Waals surface area (Å²) in [4.78, 5) is 6.22. The van der Waals surface area contributed by atoms with Crippen molar-refractivity contribution >= 4 is 34.3 Å². The summed E-state index contributed by atoms with van der Waals surface area (Å²) >= 11 is 5.79. The van der Waals surface area contributed by atoms with E-state index in [0.717, 1.165) is 11.4 Å². The van der Waals surface area contributed by atoms with Crippen LogP contribution in [0.5, 0.6) is 0 Å². The average Bonchev–Trinajstić information content (AvgIpc) is 2.74. The minimum Gasteiger partial charge on any atom is -0.378 e. The molecule has 0 fully saturated rings. The molecule has 0 aliphatic heterocycles. The highest BCUT2D eigenvalue weighted by atomic mass is 35.5. The van der Waals surface area contributed by atoms with Crippen molar-refractivity contribution in [2.45, 2.75) is 0 Å². The van der Waals surface area contributed by atoms with Crippen molar-refractivity contribution in [2.75, 3.05) is 24.7 Å². The van der Waals surface area contributed by atoms with E-state index in [1.807, 2.05) is 43.3 Å². The predicted molar refractivity (Wildman–Crippen MR) is 84.8 cm³/mol. The fraction of sp³-hybridized carbons (Fsp3) is 0.133. The van der Waals surface area contributed by atoms with Gasteiger partial charge in [-0.05, 0) is 24.3 Å². The zero-order valence-corrected chi connectivity index (χ0v) is 12.4. The Bertz CT molecular complexity index is 826. The second kappa shape index (κ2) is 4.93. The minimum atomic E-state index is -0.492. The molecule has 2 N–H and O–H groups in total. The topological polar surface area (TPSA) is 47.1 Å². The molecule has 0 saturated heterocycles. The predicted octanol–water partition coefficient (Wildman–Crippen LogP) is 3.47. The summed E-state index contributed by atoms with van der Waals surface area (Å²) < 4.78 is 15.4. The van der Waals surface area contributed by atoms with Crippen LogP contribution in [0.2, 0.25) is 5.02 Å². The SMILES string of the molecule is CN(C)c1cccc(-n2c(N)nc3cc(Cl)c(F)cc32)c1. The summed E-state index contributed by atoms with van der Waals surface area (Å²) in [5.41, 5.74) is 8.98. The molecule has 0 spiro atoms. The van der Waals surface area contributed by atoms with Crippen molar-refractivity contribution in [1.82, 2.24) is 9.55 Å². The summed E-state index contributed by atoms with van der Waals surface area (Å²) in [7, 11) is 3.90. The molecular weight excluding hydrogens is 291 g/mol. The zero-order chi connectivity index (χ0) is 15.1. The molecule has 0 bridgehead atoms. The molecule has 1 aromatic heterocycles. The maximum absolute atomic E-state index is 13.7. The van der Waals surface area contributed by atoms with Gasteiger partial charge in [-0.15, -0.1) is 0 Å². The number of rotatable bonds is 2. The van der Waals surface area contributed by atoms with Gasteiger partial charge in [0.15, 0.2) is 0 Å². The lowest BCUT2D eigenvalue weighted by atomic mass is 10.2. The summed E-state index contributed by atoms with van der Waals surface area (Å²) in [6, 6.07) is 10.6. The van der Waals surface area contributed by atoms with E-state index in [1.54, 1.807) is 4.57 Å². The monoisotopic (exact) mass is 304 g/mol. The van der Waals surface area contributed by atoms with Crippen LogP contribution in [0.3, 0.4) is 0 Å². The van der Waals surface area contributed by atoms with Gasteiger partial charge >= 0.3 is 0 Å². The Kier molecular flexibility index (Phi) is 3.22. The second-order valence-electron chi connectivity index (χ2n) is 4.97. The molecule has 108 valence electrons. The van der Waals surface area contributed by atoms with Gasteiger partial charge < -0.3 is 10.6 Å². The first-order chi connectivity index (χ1) is 9.97. The van der Waals surface area contributed by atoms with Crippen LogP contribution in [0.4, 0.5) is 16.0 Å². The second-order valence-corrected chi connectivity index (χ2v) is 5.38. The van der Waals surface area contributed by atoms with E-state index in [0.29, 0.717) is 17.0 Å². The molecule has 0 unspecified atom stereocenters. The van der Waals surface area contributed by atoms with Gasteiger partial charge in [-0.3, -0.25) is 4.57 Å². The molecule has 0 aliphatic rings. The molecule has 0 amide bonds. The number of hydrogen-bond donors (Lipinski definition) is 1. The van der Waals surface area contributed by atoms with Crippen molar-refractivity contribution in [1.29, 1.82) is 0 Å². The van der Waals surface area contributed by atoms with Crippen LogP contribution in [0.25, 0.3) is 16.7 Å². The molecule has 0 radical (unpaired) electrons. The summed E-state index contributed by atoms with van der Waals surface area (Å²) in [6.07, 6.45) is 0. The van der Waals surface area contributed by atoms with E-state index >= 15 is 0 Å². The van der Waals surface area contributed by atoms with Gasteiger partial charge in [-0.1, -0.05) is 17.7 Å². The van der Waals surface area contributed by atoms with Gasteiger partial charge in [-0.2, -0.15) is 0 Å². The van der Waals surface area contributed by atoms with Crippen LogP contribution in [0.1, 0.15) is 0 Å². The number of nitrogens with zero attached hydrogens (tertiary/aromatic N) is 3. The summed E-state index contributed by atoms with van der Waals surface area (Å²) in [6.45, 7) is 0. The van der Waals surface area contributed by atoms with Crippen LogP contribution in [-0.4, -0.2) is 23.6 Å². The minimum absolute atomic E-state index is 0.0363. The highest BCUT2D eigenvalue weighted by Gasteiger charge is 2.13. The van der Waals surface area contributed by atoms with Crippen LogP contribution in [0.15, 0.2) is 36.4 Å². The normalized spacial score (nSPS) is 11.0. The lowest BCUT2D eigenvalue weighted by Gasteiger charge is -2.14. The number of benzene rings is 2. The van der Waals surface area contributed by atoms with Gasteiger partial charge in [0.2, 0.25) is 5.95 Å². The molecule has 0 atom stereocenters. The molecule has 21 heavy (non-hydrogen) atoms. The lowest BCUT2D eigenvalue weighted by molar-refractivity contribution is 0.629. The Hall–Kier alpha value is -2.27. The van der Waals surface area contributed by atoms with Crippen LogP contribution in [0, 0.1) is 5.82 Å². The van der Waals surface area contributed by atoms with E-state index in [9.17, 15) is 4.39 Å². The van der Waals surface area contributed by atoms with Gasteiger partial charge in [0.1, 0.15) is 5.82 Å². The van der Waals surface area contributed by atoms with Crippen LogP contribution >= 0.6 is 11.6 Å². The van der Waals surface area contributed by atoms with E-state index < -0.39 is 5.82 Å². The van der Waals surface area contributed by atoms with Gasteiger partial charge in [-0.25, -0.2) is 9.37 Å². The third kappa shape index (κ3) is 2.29.